The van der Waals surface area contributed by atoms with E-state index in [1.165, 1.54) is 17.5 Å². The van der Waals surface area contributed by atoms with Crippen LogP contribution in [-0.4, -0.2) is 0 Å². The molecule has 96 valence electrons. The zero-order valence-electron chi connectivity index (χ0n) is 11.8. The van der Waals surface area contributed by atoms with Gasteiger partial charge in [-0.2, -0.15) is 0 Å². The Bertz CT molecular complexity index is 403. The highest BCUT2D eigenvalue weighted by molar-refractivity contribution is 5.23. The Balaban J connectivity index is 0.000000492. The molecule has 0 bridgehead atoms. The molecule has 2 aromatic rings. The molecule has 0 spiro atoms. The molecule has 0 aromatic heterocycles. The van der Waals surface area contributed by atoms with E-state index in [1.54, 1.807) is 0 Å². The van der Waals surface area contributed by atoms with Crippen molar-refractivity contribution in [3.63, 3.8) is 0 Å². The lowest BCUT2D eigenvalue weighted by Crippen LogP contribution is -1.97. The molecule has 0 nitrogen and oxygen atoms in total. The molecule has 0 heteroatoms. The van der Waals surface area contributed by atoms with Crippen molar-refractivity contribution in [3.05, 3.63) is 71.8 Å². The summed E-state index contributed by atoms with van der Waals surface area (Å²) in [6.45, 7) is 6.53. The fraction of sp³-hybridized carbons (Fsp3) is 0.333. The third-order valence-electron chi connectivity index (χ3n) is 2.75. The average Bonchev–Trinajstić information content (AvgIpc) is 2.42. The largest absolute Gasteiger partial charge is 0.0656 e. The Morgan fingerprint density at radius 3 is 1.72 bits per heavy atom. The molecule has 0 fully saturated rings. The summed E-state index contributed by atoms with van der Waals surface area (Å²) in [6, 6.07) is 21.4. The first-order valence-electron chi connectivity index (χ1n) is 6.86. The third-order valence-corrected chi connectivity index (χ3v) is 2.75. The summed E-state index contributed by atoms with van der Waals surface area (Å²) in [4.78, 5) is 0. The van der Waals surface area contributed by atoms with Gasteiger partial charge in [0.05, 0.1) is 0 Å². The fourth-order valence-electron chi connectivity index (χ4n) is 1.87. The molecule has 18 heavy (non-hydrogen) atoms. The van der Waals surface area contributed by atoms with Crippen LogP contribution in [0.2, 0.25) is 0 Å². The van der Waals surface area contributed by atoms with Gasteiger partial charge in [0.2, 0.25) is 0 Å². The lowest BCUT2D eigenvalue weighted by Gasteiger charge is -2.11. The maximum atomic E-state index is 2.28. The van der Waals surface area contributed by atoms with Gasteiger partial charge in [0, 0.05) is 0 Å². The Hall–Kier alpha value is -1.56. The smallest absolute Gasteiger partial charge is 0.0150 e. The van der Waals surface area contributed by atoms with E-state index in [0.29, 0.717) is 5.92 Å². The Morgan fingerprint density at radius 2 is 1.22 bits per heavy atom. The second kappa shape index (κ2) is 8.52. The summed E-state index contributed by atoms with van der Waals surface area (Å²) < 4.78 is 0. The Kier molecular flexibility index (Phi) is 6.86. The first-order valence-corrected chi connectivity index (χ1v) is 6.86. The van der Waals surface area contributed by atoms with E-state index in [9.17, 15) is 0 Å². The predicted octanol–water partition coefficient (Wildman–Crippen LogP) is 5.45. The molecular weight excluding hydrogens is 216 g/mol. The monoisotopic (exact) mass is 240 g/mol. The summed E-state index contributed by atoms with van der Waals surface area (Å²) in [5.41, 5.74) is 2.83. The number of hydrogen-bond donors (Lipinski definition) is 0. The van der Waals surface area contributed by atoms with Crippen molar-refractivity contribution in [1.82, 2.24) is 0 Å². The quantitative estimate of drug-likeness (QED) is 0.669. The van der Waals surface area contributed by atoms with Crippen LogP contribution in [0, 0.1) is 0 Å². The SMILES string of the molecule is CCC.C[C@@H](Cc1ccccc1)c1ccccc1. The second-order valence-corrected chi connectivity index (χ2v) is 4.71. The van der Waals surface area contributed by atoms with Gasteiger partial charge in [-0.25, -0.2) is 0 Å². The highest BCUT2D eigenvalue weighted by Crippen LogP contribution is 2.19. The van der Waals surface area contributed by atoms with Crippen molar-refractivity contribution in [2.45, 2.75) is 39.5 Å². The highest BCUT2D eigenvalue weighted by Gasteiger charge is 2.04. The van der Waals surface area contributed by atoms with Crippen LogP contribution in [-0.2, 0) is 6.42 Å². The molecule has 0 saturated carbocycles. The molecule has 0 N–H and O–H groups in total. The van der Waals surface area contributed by atoms with Gasteiger partial charge in [-0.15, -0.1) is 0 Å². The van der Waals surface area contributed by atoms with E-state index in [2.05, 4.69) is 81.4 Å². The zero-order chi connectivity index (χ0) is 13.2. The molecule has 0 saturated heterocycles. The third kappa shape index (κ3) is 5.18. The number of rotatable bonds is 3. The van der Waals surface area contributed by atoms with Crippen LogP contribution in [0.15, 0.2) is 60.7 Å². The van der Waals surface area contributed by atoms with E-state index in [1.807, 2.05) is 0 Å². The van der Waals surface area contributed by atoms with Gasteiger partial charge in [0.25, 0.3) is 0 Å². The highest BCUT2D eigenvalue weighted by atomic mass is 14.1. The molecule has 0 radical (unpaired) electrons. The normalized spacial score (nSPS) is 11.3. The van der Waals surface area contributed by atoms with Crippen molar-refractivity contribution >= 4 is 0 Å². The summed E-state index contributed by atoms with van der Waals surface area (Å²) in [6.07, 6.45) is 2.37. The molecule has 0 aliphatic rings. The summed E-state index contributed by atoms with van der Waals surface area (Å²) >= 11 is 0. The fourth-order valence-corrected chi connectivity index (χ4v) is 1.87. The molecule has 2 aromatic carbocycles. The number of benzene rings is 2. The van der Waals surface area contributed by atoms with E-state index in [-0.39, 0.29) is 0 Å². The van der Waals surface area contributed by atoms with E-state index in [4.69, 9.17) is 0 Å². The van der Waals surface area contributed by atoms with Crippen LogP contribution in [0.25, 0.3) is 0 Å². The van der Waals surface area contributed by atoms with Crippen molar-refractivity contribution in [2.75, 3.05) is 0 Å². The Labute approximate surface area is 112 Å². The molecule has 0 unspecified atom stereocenters. The molecular formula is C18H24. The molecule has 0 amide bonds. The van der Waals surface area contributed by atoms with Crippen LogP contribution in [0.4, 0.5) is 0 Å². The standard InChI is InChI=1S/C15H16.C3H8/c1-13(15-10-6-3-7-11-15)12-14-8-4-2-5-9-14;1-3-2/h2-11,13H,12H2,1H3;3H2,1-2H3/t13-;/m0./s1. The molecule has 2 rings (SSSR count). The zero-order valence-corrected chi connectivity index (χ0v) is 11.8. The van der Waals surface area contributed by atoms with Crippen molar-refractivity contribution in [2.24, 2.45) is 0 Å². The molecule has 1 atom stereocenters. The predicted molar refractivity (Wildman–Crippen MR) is 81.0 cm³/mol. The summed E-state index contributed by atoms with van der Waals surface area (Å²) in [7, 11) is 0. The second-order valence-electron chi connectivity index (χ2n) is 4.71. The minimum atomic E-state index is 0.591. The van der Waals surface area contributed by atoms with Gasteiger partial charge >= 0.3 is 0 Å². The van der Waals surface area contributed by atoms with Crippen LogP contribution >= 0.6 is 0 Å². The lowest BCUT2D eigenvalue weighted by molar-refractivity contribution is 0.759. The van der Waals surface area contributed by atoms with Gasteiger partial charge in [-0.1, -0.05) is 87.9 Å². The first kappa shape index (κ1) is 14.5. The molecule has 0 aliphatic carbocycles. The van der Waals surface area contributed by atoms with Crippen LogP contribution in [0.1, 0.15) is 44.2 Å². The van der Waals surface area contributed by atoms with Gasteiger partial charge in [-0.3, -0.25) is 0 Å². The van der Waals surface area contributed by atoms with Crippen molar-refractivity contribution in [3.8, 4) is 0 Å². The van der Waals surface area contributed by atoms with Gasteiger partial charge in [0.1, 0.15) is 0 Å². The molecule has 0 heterocycles. The maximum absolute atomic E-state index is 2.28. The van der Waals surface area contributed by atoms with Gasteiger partial charge < -0.3 is 0 Å². The van der Waals surface area contributed by atoms with Gasteiger partial charge in [-0.05, 0) is 23.5 Å². The summed E-state index contributed by atoms with van der Waals surface area (Å²) in [5, 5.41) is 0. The number of hydrogen-bond acceptors (Lipinski definition) is 0. The summed E-state index contributed by atoms with van der Waals surface area (Å²) in [5.74, 6) is 0.591. The first-order chi connectivity index (χ1) is 8.77. The Morgan fingerprint density at radius 1 is 0.778 bits per heavy atom. The maximum Gasteiger partial charge on any atom is -0.0150 e. The average molecular weight is 240 g/mol. The lowest BCUT2D eigenvalue weighted by atomic mass is 9.94. The van der Waals surface area contributed by atoms with Crippen LogP contribution in [0.3, 0.4) is 0 Å². The van der Waals surface area contributed by atoms with Crippen molar-refractivity contribution < 1.29 is 0 Å². The van der Waals surface area contributed by atoms with Crippen LogP contribution < -0.4 is 0 Å². The minimum Gasteiger partial charge on any atom is -0.0656 e. The van der Waals surface area contributed by atoms with Crippen molar-refractivity contribution in [1.29, 1.82) is 0 Å². The topological polar surface area (TPSA) is 0 Å². The van der Waals surface area contributed by atoms with Gasteiger partial charge in [0.15, 0.2) is 0 Å². The molecule has 0 aliphatic heterocycles. The van der Waals surface area contributed by atoms with E-state index < -0.39 is 0 Å². The van der Waals surface area contributed by atoms with Crippen LogP contribution in [0.5, 0.6) is 0 Å². The van der Waals surface area contributed by atoms with E-state index in [0.717, 1.165) is 6.42 Å². The van der Waals surface area contributed by atoms with E-state index >= 15 is 0 Å². The minimum absolute atomic E-state index is 0.591.